The van der Waals surface area contributed by atoms with E-state index in [0.717, 1.165) is 28.1 Å². The van der Waals surface area contributed by atoms with Crippen molar-refractivity contribution in [2.24, 2.45) is 5.41 Å². The number of ketones is 1. The molecule has 1 aliphatic heterocycles. The summed E-state index contributed by atoms with van der Waals surface area (Å²) in [6.45, 7) is 4.55. The van der Waals surface area contributed by atoms with Gasteiger partial charge in [-0.2, -0.15) is 0 Å². The lowest BCUT2D eigenvalue weighted by Crippen LogP contribution is -2.49. The average molecular weight is 453 g/mol. The van der Waals surface area contributed by atoms with Crippen molar-refractivity contribution < 1.29 is 14.3 Å². The van der Waals surface area contributed by atoms with Gasteiger partial charge in [-0.25, -0.2) is 10.0 Å². The average Bonchev–Trinajstić information content (AvgIpc) is 2.71. The molecule has 1 unspecified atom stereocenters. The first kappa shape index (κ1) is 22.6. The van der Waals surface area contributed by atoms with Crippen molar-refractivity contribution in [3.63, 3.8) is 0 Å². The summed E-state index contributed by atoms with van der Waals surface area (Å²) in [4.78, 5) is 26.3. The molecule has 168 valence electrons. The molecule has 1 atom stereocenters. The molecule has 0 N–H and O–H groups in total. The Kier molecular flexibility index (Phi) is 6.15. The van der Waals surface area contributed by atoms with Gasteiger partial charge < -0.3 is 4.74 Å². The fourth-order valence-electron chi connectivity index (χ4n) is 4.72. The number of allylic oxidation sites excluding steroid dienone is 2. The Labute approximate surface area is 194 Å². The van der Waals surface area contributed by atoms with Crippen LogP contribution < -0.4 is 4.74 Å². The Bertz CT molecular complexity index is 1070. The molecule has 0 fully saturated rings. The van der Waals surface area contributed by atoms with Gasteiger partial charge in [0.2, 0.25) is 5.91 Å². The standard InChI is InChI=1S/C26H29ClN2O3/c1-26(2)14-22-25(23(30)15-26)20(13-24(31)29(22)28(3)4)17-9-11-19(12-10-17)32-16-18-7-5-6-8-21(18)27/h5-12,20H,13-16H2,1-4H3. The Morgan fingerprint density at radius 1 is 1.06 bits per heavy atom. The lowest BCUT2D eigenvalue weighted by molar-refractivity contribution is -0.143. The molecule has 5 nitrogen and oxygen atoms in total. The predicted molar refractivity (Wildman–Crippen MR) is 125 cm³/mol. The van der Waals surface area contributed by atoms with Gasteiger partial charge in [0, 0.05) is 54.7 Å². The zero-order valence-electron chi connectivity index (χ0n) is 19.0. The van der Waals surface area contributed by atoms with Crippen molar-refractivity contribution in [2.75, 3.05) is 14.1 Å². The van der Waals surface area contributed by atoms with Crippen LogP contribution in [0, 0.1) is 5.41 Å². The number of halogens is 1. The third-order valence-electron chi connectivity index (χ3n) is 6.15. The minimum absolute atomic E-state index is 0.0169. The second kappa shape index (κ2) is 8.72. The summed E-state index contributed by atoms with van der Waals surface area (Å²) in [6.07, 6.45) is 1.48. The summed E-state index contributed by atoms with van der Waals surface area (Å²) in [5, 5.41) is 4.15. The molecule has 2 aromatic rings. The van der Waals surface area contributed by atoms with Gasteiger partial charge >= 0.3 is 0 Å². The number of carbonyl (C=O) groups excluding carboxylic acids is 2. The summed E-state index contributed by atoms with van der Waals surface area (Å²) >= 11 is 6.21. The third kappa shape index (κ3) is 4.45. The monoisotopic (exact) mass is 452 g/mol. The van der Waals surface area contributed by atoms with Crippen LogP contribution in [0.1, 0.15) is 50.2 Å². The quantitative estimate of drug-likeness (QED) is 0.613. The number of carbonyl (C=O) groups is 2. The number of Topliss-reactive ketones (excluding diaryl/α,β-unsaturated/α-hetero) is 1. The maximum atomic E-state index is 13.2. The normalized spacial score (nSPS) is 20.6. The van der Waals surface area contributed by atoms with Crippen LogP contribution in [0.3, 0.4) is 0 Å². The van der Waals surface area contributed by atoms with Gasteiger partial charge in [0.05, 0.1) is 0 Å². The van der Waals surface area contributed by atoms with E-state index in [1.54, 1.807) is 10.0 Å². The zero-order chi connectivity index (χ0) is 23.0. The summed E-state index contributed by atoms with van der Waals surface area (Å²) < 4.78 is 5.89. The highest BCUT2D eigenvalue weighted by molar-refractivity contribution is 6.31. The van der Waals surface area contributed by atoms with Crippen LogP contribution in [0.5, 0.6) is 5.75 Å². The molecule has 6 heteroatoms. The molecular formula is C26H29ClN2O3. The number of amides is 1. The molecule has 1 aliphatic carbocycles. The molecule has 32 heavy (non-hydrogen) atoms. The van der Waals surface area contributed by atoms with Crippen LogP contribution in [0.25, 0.3) is 0 Å². The van der Waals surface area contributed by atoms with Crippen LogP contribution in [0.4, 0.5) is 0 Å². The number of rotatable bonds is 5. The minimum atomic E-state index is -0.227. The molecule has 4 rings (SSSR count). The minimum Gasteiger partial charge on any atom is -0.489 e. The lowest BCUT2D eigenvalue weighted by atomic mass is 9.69. The van der Waals surface area contributed by atoms with Gasteiger partial charge in [-0.05, 0) is 35.6 Å². The first-order valence-corrected chi connectivity index (χ1v) is 11.3. The highest BCUT2D eigenvalue weighted by Crippen LogP contribution is 2.47. The highest BCUT2D eigenvalue weighted by Gasteiger charge is 2.44. The molecule has 1 heterocycles. The molecule has 2 aliphatic rings. The summed E-state index contributed by atoms with van der Waals surface area (Å²) in [5.74, 6) is 0.647. The summed E-state index contributed by atoms with van der Waals surface area (Å²) in [6, 6.07) is 15.3. The van der Waals surface area contributed by atoms with E-state index in [0.29, 0.717) is 24.5 Å². The third-order valence-corrected chi connectivity index (χ3v) is 6.52. The zero-order valence-corrected chi connectivity index (χ0v) is 19.8. The number of hydrazine groups is 1. The number of hydrogen-bond donors (Lipinski definition) is 0. The fourth-order valence-corrected chi connectivity index (χ4v) is 4.91. The predicted octanol–water partition coefficient (Wildman–Crippen LogP) is 5.35. The topological polar surface area (TPSA) is 49.9 Å². The smallest absolute Gasteiger partial charge is 0.242 e. The van der Waals surface area contributed by atoms with Crippen molar-refractivity contribution in [1.29, 1.82) is 0 Å². The van der Waals surface area contributed by atoms with Gasteiger partial charge in [0.1, 0.15) is 12.4 Å². The van der Waals surface area contributed by atoms with Crippen LogP contribution >= 0.6 is 11.6 Å². The van der Waals surface area contributed by atoms with Crippen molar-refractivity contribution in [3.8, 4) is 5.75 Å². The van der Waals surface area contributed by atoms with E-state index in [2.05, 4.69) is 13.8 Å². The van der Waals surface area contributed by atoms with E-state index < -0.39 is 0 Å². The Balaban J connectivity index is 1.61. The van der Waals surface area contributed by atoms with Crippen molar-refractivity contribution in [2.45, 2.75) is 45.6 Å². The van der Waals surface area contributed by atoms with Gasteiger partial charge in [-0.1, -0.05) is 55.8 Å². The van der Waals surface area contributed by atoms with Gasteiger partial charge in [-0.15, -0.1) is 0 Å². The molecule has 0 saturated heterocycles. The van der Waals surface area contributed by atoms with Gasteiger partial charge in [0.15, 0.2) is 5.78 Å². The summed E-state index contributed by atoms with van der Waals surface area (Å²) in [5.41, 5.74) is 3.34. The maximum absolute atomic E-state index is 13.2. The molecule has 0 aromatic heterocycles. The molecule has 2 aromatic carbocycles. The summed E-state index contributed by atoms with van der Waals surface area (Å²) in [7, 11) is 3.69. The highest BCUT2D eigenvalue weighted by atomic mass is 35.5. The molecule has 1 amide bonds. The van der Waals surface area contributed by atoms with Crippen LogP contribution in [0.15, 0.2) is 59.8 Å². The SMILES string of the molecule is CN(C)N1C(=O)CC(c2ccc(OCc3ccccc3Cl)cc2)C2=C1CC(C)(C)CC2=O. The Morgan fingerprint density at radius 3 is 2.41 bits per heavy atom. The van der Waals surface area contributed by atoms with E-state index >= 15 is 0 Å². The first-order chi connectivity index (χ1) is 15.2. The number of benzene rings is 2. The Morgan fingerprint density at radius 2 is 1.75 bits per heavy atom. The largest absolute Gasteiger partial charge is 0.489 e. The first-order valence-electron chi connectivity index (χ1n) is 10.9. The van der Waals surface area contributed by atoms with E-state index in [9.17, 15) is 9.59 Å². The van der Waals surface area contributed by atoms with Crippen molar-refractivity contribution in [1.82, 2.24) is 10.0 Å². The maximum Gasteiger partial charge on any atom is 0.242 e. The second-order valence-electron chi connectivity index (χ2n) is 9.56. The van der Waals surface area contributed by atoms with Crippen LogP contribution in [-0.2, 0) is 16.2 Å². The van der Waals surface area contributed by atoms with Gasteiger partial charge in [0.25, 0.3) is 0 Å². The number of nitrogens with zero attached hydrogens (tertiary/aromatic N) is 2. The molecular weight excluding hydrogens is 424 g/mol. The van der Waals surface area contributed by atoms with Crippen LogP contribution in [-0.4, -0.2) is 35.8 Å². The van der Waals surface area contributed by atoms with E-state index in [1.807, 2.05) is 62.6 Å². The number of hydrogen-bond acceptors (Lipinski definition) is 4. The van der Waals surface area contributed by atoms with Crippen LogP contribution in [0.2, 0.25) is 5.02 Å². The molecule has 0 spiro atoms. The second-order valence-corrected chi connectivity index (χ2v) is 9.97. The number of ether oxygens (including phenoxy) is 1. The Hall–Kier alpha value is -2.63. The van der Waals surface area contributed by atoms with Crippen molar-refractivity contribution >= 4 is 23.3 Å². The van der Waals surface area contributed by atoms with E-state index in [1.165, 1.54) is 0 Å². The van der Waals surface area contributed by atoms with E-state index in [-0.39, 0.29) is 29.4 Å². The molecule has 0 saturated carbocycles. The molecule has 0 bridgehead atoms. The van der Waals surface area contributed by atoms with Gasteiger partial charge in [-0.3, -0.25) is 9.59 Å². The fraction of sp³-hybridized carbons (Fsp3) is 0.385. The van der Waals surface area contributed by atoms with Crippen molar-refractivity contribution in [3.05, 3.63) is 76.0 Å². The molecule has 0 radical (unpaired) electrons. The van der Waals surface area contributed by atoms with E-state index in [4.69, 9.17) is 16.3 Å². The lowest BCUT2D eigenvalue weighted by Gasteiger charge is -2.44.